The number of aryl methyl sites for hydroxylation is 1. The van der Waals surface area contributed by atoms with Gasteiger partial charge in [0, 0.05) is 37.8 Å². The number of likely N-dealkylation sites (tertiary alicyclic amines) is 1. The molecule has 0 bridgehead atoms. The second-order valence-corrected chi connectivity index (χ2v) is 9.88. The Morgan fingerprint density at radius 3 is 2.83 bits per heavy atom. The second kappa shape index (κ2) is 10.3. The van der Waals surface area contributed by atoms with E-state index in [0.717, 1.165) is 40.8 Å². The first-order valence-electron chi connectivity index (χ1n) is 12.5. The number of ether oxygens (including phenoxy) is 1. The van der Waals surface area contributed by atoms with Crippen LogP contribution in [0.1, 0.15) is 46.6 Å². The molecule has 0 saturated carbocycles. The van der Waals surface area contributed by atoms with Crippen LogP contribution in [0.2, 0.25) is 0 Å². The van der Waals surface area contributed by atoms with Crippen molar-refractivity contribution in [2.75, 3.05) is 26.3 Å². The third-order valence-electron chi connectivity index (χ3n) is 7.40. The standard InChI is InChI=1S/C28H31N5O3/c1-19-6-10-30-26(14-19)28(18-29)8-11-33(12-9-28)16-20-15-24(31-22-5-3-2-4-21(20)22)27(35)32-23-7-13-36-17-25(23)34/h2-6,10,14-15,23,25,34H,7-9,11-13,16-17H2,1H3,(H,32,35). The average Bonchev–Trinajstić information content (AvgIpc) is 2.90. The van der Waals surface area contributed by atoms with Gasteiger partial charge in [0.1, 0.15) is 11.1 Å². The van der Waals surface area contributed by atoms with Gasteiger partial charge >= 0.3 is 0 Å². The van der Waals surface area contributed by atoms with Gasteiger partial charge in [-0.3, -0.25) is 14.7 Å². The third-order valence-corrected chi connectivity index (χ3v) is 7.40. The van der Waals surface area contributed by atoms with Gasteiger partial charge in [-0.1, -0.05) is 18.2 Å². The maximum absolute atomic E-state index is 13.1. The second-order valence-electron chi connectivity index (χ2n) is 9.88. The Labute approximate surface area is 210 Å². The Morgan fingerprint density at radius 2 is 2.08 bits per heavy atom. The lowest BCUT2D eigenvalue weighted by molar-refractivity contribution is -0.0261. The minimum atomic E-state index is -0.723. The van der Waals surface area contributed by atoms with E-state index in [-0.39, 0.29) is 18.6 Å². The number of amides is 1. The first-order chi connectivity index (χ1) is 17.5. The number of benzene rings is 1. The minimum absolute atomic E-state index is 0.221. The Hall–Kier alpha value is -3.38. The van der Waals surface area contributed by atoms with Gasteiger partial charge < -0.3 is 15.2 Å². The quantitative estimate of drug-likeness (QED) is 0.572. The first kappa shape index (κ1) is 24.3. The zero-order chi connectivity index (χ0) is 25.1. The summed E-state index contributed by atoms with van der Waals surface area (Å²) in [6.07, 6.45) is 3.04. The molecule has 2 saturated heterocycles. The molecule has 2 N–H and O–H groups in total. The molecule has 5 rings (SSSR count). The summed E-state index contributed by atoms with van der Waals surface area (Å²) in [5, 5.41) is 24.2. The van der Waals surface area contributed by atoms with Gasteiger partial charge in [0.25, 0.3) is 5.91 Å². The van der Waals surface area contributed by atoms with Crippen molar-refractivity contribution < 1.29 is 14.6 Å². The fraction of sp³-hybridized carbons (Fsp3) is 0.429. The number of rotatable bonds is 5. The van der Waals surface area contributed by atoms with E-state index in [1.54, 1.807) is 6.20 Å². The van der Waals surface area contributed by atoms with Crippen molar-refractivity contribution in [3.8, 4) is 6.07 Å². The molecule has 0 aliphatic carbocycles. The molecule has 4 heterocycles. The maximum Gasteiger partial charge on any atom is 0.270 e. The predicted octanol–water partition coefficient (Wildman–Crippen LogP) is 2.88. The number of hydrogen-bond donors (Lipinski definition) is 2. The number of carbonyl (C=O) groups excluding carboxylic acids is 1. The molecule has 8 nitrogen and oxygen atoms in total. The number of pyridine rings is 2. The van der Waals surface area contributed by atoms with Gasteiger partial charge in [-0.05, 0) is 61.6 Å². The molecular weight excluding hydrogens is 454 g/mol. The molecule has 1 amide bonds. The summed E-state index contributed by atoms with van der Waals surface area (Å²) in [4.78, 5) is 24.5. The lowest BCUT2D eigenvalue weighted by Crippen LogP contribution is -2.48. The van der Waals surface area contributed by atoms with Crippen molar-refractivity contribution in [1.82, 2.24) is 20.2 Å². The van der Waals surface area contributed by atoms with Crippen LogP contribution in [0.3, 0.4) is 0 Å². The first-order valence-corrected chi connectivity index (χ1v) is 12.5. The van der Waals surface area contributed by atoms with Gasteiger partial charge in [-0.25, -0.2) is 4.98 Å². The summed E-state index contributed by atoms with van der Waals surface area (Å²) in [6.45, 7) is 4.93. The molecule has 2 unspecified atom stereocenters. The summed E-state index contributed by atoms with van der Waals surface area (Å²) >= 11 is 0. The van der Waals surface area contributed by atoms with Gasteiger partial charge in [0.15, 0.2) is 0 Å². The van der Waals surface area contributed by atoms with Crippen LogP contribution in [0, 0.1) is 18.3 Å². The number of nitriles is 1. The Morgan fingerprint density at radius 1 is 1.28 bits per heavy atom. The van der Waals surface area contributed by atoms with Crippen molar-refractivity contribution in [1.29, 1.82) is 5.26 Å². The van der Waals surface area contributed by atoms with E-state index in [2.05, 4.69) is 26.3 Å². The van der Waals surface area contributed by atoms with Crippen LogP contribution < -0.4 is 5.32 Å². The average molecular weight is 486 g/mol. The zero-order valence-electron chi connectivity index (χ0n) is 20.5. The van der Waals surface area contributed by atoms with Crippen molar-refractivity contribution in [2.24, 2.45) is 0 Å². The zero-order valence-corrected chi connectivity index (χ0v) is 20.5. The number of nitrogens with one attached hydrogen (secondary N) is 1. The van der Waals surface area contributed by atoms with E-state index in [1.807, 2.05) is 49.4 Å². The van der Waals surface area contributed by atoms with Gasteiger partial charge in [-0.2, -0.15) is 5.26 Å². The van der Waals surface area contributed by atoms with Crippen LogP contribution in [-0.4, -0.2) is 64.3 Å². The van der Waals surface area contributed by atoms with E-state index < -0.39 is 11.5 Å². The molecule has 2 aliphatic heterocycles. The molecule has 1 aromatic carbocycles. The maximum atomic E-state index is 13.1. The number of piperidine rings is 1. The summed E-state index contributed by atoms with van der Waals surface area (Å²) in [7, 11) is 0. The number of carbonyl (C=O) groups is 1. The summed E-state index contributed by atoms with van der Waals surface area (Å²) in [5.41, 5.74) is 3.53. The molecule has 8 heteroatoms. The number of para-hydroxylation sites is 1. The third kappa shape index (κ3) is 4.96. The lowest BCUT2D eigenvalue weighted by Gasteiger charge is -2.37. The van der Waals surface area contributed by atoms with Crippen molar-refractivity contribution in [2.45, 2.75) is 50.3 Å². The van der Waals surface area contributed by atoms with Crippen LogP contribution >= 0.6 is 0 Å². The normalized spacial score (nSPS) is 22.1. The number of aromatic nitrogens is 2. The van der Waals surface area contributed by atoms with Crippen LogP contribution in [0.4, 0.5) is 0 Å². The summed E-state index contributed by atoms with van der Waals surface area (Å²) < 4.78 is 5.27. The van der Waals surface area contributed by atoms with Crippen LogP contribution in [0.15, 0.2) is 48.7 Å². The molecule has 0 spiro atoms. The highest BCUT2D eigenvalue weighted by atomic mass is 16.5. The molecule has 2 aromatic heterocycles. The monoisotopic (exact) mass is 485 g/mol. The molecule has 2 aliphatic rings. The van der Waals surface area contributed by atoms with E-state index in [1.165, 1.54) is 0 Å². The lowest BCUT2D eigenvalue weighted by atomic mass is 9.76. The van der Waals surface area contributed by atoms with Gasteiger partial charge in [-0.15, -0.1) is 0 Å². The largest absolute Gasteiger partial charge is 0.389 e. The van der Waals surface area contributed by atoms with Gasteiger partial charge in [0.05, 0.1) is 36.0 Å². The number of hydrogen-bond acceptors (Lipinski definition) is 7. The Bertz CT molecular complexity index is 1300. The number of nitrogens with zero attached hydrogens (tertiary/aromatic N) is 4. The Balaban J connectivity index is 1.35. The fourth-order valence-corrected chi connectivity index (χ4v) is 5.19. The van der Waals surface area contributed by atoms with Crippen molar-refractivity contribution in [3.05, 3.63) is 71.2 Å². The molecule has 36 heavy (non-hydrogen) atoms. The molecular formula is C28H31N5O3. The topological polar surface area (TPSA) is 111 Å². The van der Waals surface area contributed by atoms with Gasteiger partial charge in [0.2, 0.25) is 0 Å². The van der Waals surface area contributed by atoms with E-state index in [4.69, 9.17) is 4.74 Å². The predicted molar refractivity (Wildman–Crippen MR) is 135 cm³/mol. The van der Waals surface area contributed by atoms with Crippen LogP contribution in [0.5, 0.6) is 0 Å². The molecule has 3 aromatic rings. The highest BCUT2D eigenvalue weighted by Crippen LogP contribution is 2.35. The molecule has 186 valence electrons. The fourth-order valence-electron chi connectivity index (χ4n) is 5.19. The molecule has 2 fully saturated rings. The van der Waals surface area contributed by atoms with Crippen LogP contribution in [-0.2, 0) is 16.7 Å². The SMILES string of the molecule is Cc1ccnc(C2(C#N)CCN(Cc3cc(C(=O)NC4CCOCC4O)nc4ccccc34)CC2)c1. The smallest absolute Gasteiger partial charge is 0.270 e. The highest BCUT2D eigenvalue weighted by molar-refractivity contribution is 5.96. The van der Waals surface area contributed by atoms with E-state index in [0.29, 0.717) is 38.1 Å². The number of aliphatic hydroxyl groups is 1. The van der Waals surface area contributed by atoms with Crippen molar-refractivity contribution in [3.63, 3.8) is 0 Å². The summed E-state index contributed by atoms with van der Waals surface area (Å²) in [6, 6.07) is 15.9. The van der Waals surface area contributed by atoms with E-state index >= 15 is 0 Å². The molecule has 0 radical (unpaired) electrons. The highest BCUT2D eigenvalue weighted by Gasteiger charge is 2.38. The molecule has 2 atom stereocenters. The Kier molecular flexibility index (Phi) is 6.97. The minimum Gasteiger partial charge on any atom is -0.389 e. The van der Waals surface area contributed by atoms with Crippen LogP contribution in [0.25, 0.3) is 10.9 Å². The number of fused-ring (bicyclic) bond motifs is 1. The summed E-state index contributed by atoms with van der Waals surface area (Å²) in [5.74, 6) is -0.291. The van der Waals surface area contributed by atoms with E-state index in [9.17, 15) is 15.2 Å². The number of aliphatic hydroxyl groups excluding tert-OH is 1. The van der Waals surface area contributed by atoms with Crippen molar-refractivity contribution >= 4 is 16.8 Å².